The number of β-amino-alcohol motifs (C(OH)–C–C–N with tert-alkyl or cyclic N) is 1. The second-order valence-corrected chi connectivity index (χ2v) is 4.92. The highest BCUT2D eigenvalue weighted by atomic mass is 35.5. The fourth-order valence-electron chi connectivity index (χ4n) is 2.07. The summed E-state index contributed by atoms with van der Waals surface area (Å²) in [7, 11) is 1.54. The minimum atomic E-state index is -0.510. The standard InChI is InChI=1S/C12H18N4O4.ClH/c1-7-3-10(15-20-7)14-11(18)6-16(2)12(19)9-4-8(17)5-13-9;/h3,8-9,13,17H,4-6H2,1-2H3,(H,14,15,18);1H. The molecule has 21 heavy (non-hydrogen) atoms. The van der Waals surface area contributed by atoms with Crippen molar-refractivity contribution in [2.24, 2.45) is 0 Å². The lowest BCUT2D eigenvalue weighted by Gasteiger charge is -2.20. The molecule has 2 unspecified atom stereocenters. The highest BCUT2D eigenvalue weighted by molar-refractivity contribution is 5.94. The Morgan fingerprint density at radius 1 is 1.62 bits per heavy atom. The lowest BCUT2D eigenvalue weighted by molar-refractivity contribution is -0.135. The van der Waals surface area contributed by atoms with E-state index in [1.54, 1.807) is 20.0 Å². The second-order valence-electron chi connectivity index (χ2n) is 4.92. The van der Waals surface area contributed by atoms with Gasteiger partial charge in [0.05, 0.1) is 18.7 Å². The molecule has 2 atom stereocenters. The molecule has 0 saturated carbocycles. The lowest BCUT2D eigenvalue weighted by Crippen LogP contribution is -2.44. The summed E-state index contributed by atoms with van der Waals surface area (Å²) >= 11 is 0. The van der Waals surface area contributed by atoms with Gasteiger partial charge in [-0.3, -0.25) is 9.59 Å². The number of hydrogen-bond acceptors (Lipinski definition) is 6. The van der Waals surface area contributed by atoms with Crippen LogP contribution in [0.15, 0.2) is 10.6 Å². The van der Waals surface area contributed by atoms with E-state index in [0.29, 0.717) is 24.5 Å². The number of nitrogens with zero attached hydrogens (tertiary/aromatic N) is 2. The van der Waals surface area contributed by atoms with Crippen LogP contribution < -0.4 is 10.6 Å². The van der Waals surface area contributed by atoms with Crippen molar-refractivity contribution in [2.45, 2.75) is 25.5 Å². The molecule has 0 radical (unpaired) electrons. The summed E-state index contributed by atoms with van der Waals surface area (Å²) in [5, 5.41) is 18.5. The van der Waals surface area contributed by atoms with Gasteiger partial charge < -0.3 is 25.2 Å². The first-order chi connectivity index (χ1) is 9.45. The van der Waals surface area contributed by atoms with E-state index in [9.17, 15) is 14.7 Å². The number of anilines is 1. The van der Waals surface area contributed by atoms with Crippen LogP contribution in [0.5, 0.6) is 0 Å². The second kappa shape index (κ2) is 7.39. The maximum atomic E-state index is 12.0. The number of rotatable bonds is 4. The van der Waals surface area contributed by atoms with E-state index in [1.807, 2.05) is 0 Å². The zero-order valence-corrected chi connectivity index (χ0v) is 12.6. The Bertz CT molecular complexity index is 507. The SMILES string of the molecule is Cc1cc(NC(=O)CN(C)C(=O)C2CC(O)CN2)no1.Cl. The predicted octanol–water partition coefficient (Wildman–Crippen LogP) is -0.475. The average molecular weight is 319 g/mol. The van der Waals surface area contributed by atoms with Crippen LogP contribution in [0.1, 0.15) is 12.2 Å². The Labute approximate surface area is 128 Å². The summed E-state index contributed by atoms with van der Waals surface area (Å²) in [6.45, 7) is 2.03. The lowest BCUT2D eigenvalue weighted by atomic mass is 10.2. The van der Waals surface area contributed by atoms with E-state index in [4.69, 9.17) is 4.52 Å². The average Bonchev–Trinajstić information content (AvgIpc) is 2.97. The summed E-state index contributed by atoms with van der Waals surface area (Å²) in [6.07, 6.45) is -0.142. The maximum absolute atomic E-state index is 12.0. The smallest absolute Gasteiger partial charge is 0.245 e. The number of carbonyl (C=O) groups excluding carboxylic acids is 2. The third kappa shape index (κ3) is 4.69. The van der Waals surface area contributed by atoms with Gasteiger partial charge in [-0.15, -0.1) is 12.4 Å². The zero-order chi connectivity index (χ0) is 14.7. The van der Waals surface area contributed by atoms with Gasteiger partial charge in [0, 0.05) is 19.7 Å². The van der Waals surface area contributed by atoms with Crippen LogP contribution in [0.3, 0.4) is 0 Å². The number of aliphatic hydroxyl groups excluding tert-OH is 1. The maximum Gasteiger partial charge on any atom is 0.245 e. The van der Waals surface area contributed by atoms with E-state index < -0.39 is 12.1 Å². The minimum absolute atomic E-state index is 0. The zero-order valence-electron chi connectivity index (χ0n) is 11.8. The molecule has 0 spiro atoms. The van der Waals surface area contributed by atoms with E-state index in [0.717, 1.165) is 0 Å². The number of nitrogens with one attached hydrogen (secondary N) is 2. The van der Waals surface area contributed by atoms with Gasteiger partial charge >= 0.3 is 0 Å². The van der Waals surface area contributed by atoms with Crippen molar-refractivity contribution < 1.29 is 19.2 Å². The van der Waals surface area contributed by atoms with Crippen molar-refractivity contribution in [1.82, 2.24) is 15.4 Å². The van der Waals surface area contributed by atoms with Gasteiger partial charge in [0.1, 0.15) is 5.76 Å². The van der Waals surface area contributed by atoms with Crippen LogP contribution in [0.2, 0.25) is 0 Å². The first-order valence-corrected chi connectivity index (χ1v) is 6.35. The van der Waals surface area contributed by atoms with Crippen LogP contribution in [-0.4, -0.2) is 59.3 Å². The fraction of sp³-hybridized carbons (Fsp3) is 0.583. The summed E-state index contributed by atoms with van der Waals surface area (Å²) in [5.74, 6) is 0.345. The molecule has 2 amide bonds. The van der Waals surface area contributed by atoms with Crippen LogP contribution in [0.4, 0.5) is 5.82 Å². The van der Waals surface area contributed by atoms with Crippen molar-refractivity contribution in [1.29, 1.82) is 0 Å². The quantitative estimate of drug-likeness (QED) is 0.692. The van der Waals surface area contributed by atoms with E-state index in [2.05, 4.69) is 15.8 Å². The molecule has 8 nitrogen and oxygen atoms in total. The van der Waals surface area contributed by atoms with Gasteiger partial charge in [0.15, 0.2) is 5.82 Å². The molecule has 0 bridgehead atoms. The van der Waals surface area contributed by atoms with Crippen molar-refractivity contribution >= 4 is 30.0 Å². The van der Waals surface area contributed by atoms with Crippen LogP contribution in [0.25, 0.3) is 0 Å². The predicted molar refractivity (Wildman–Crippen MR) is 77.2 cm³/mol. The molecule has 0 aliphatic carbocycles. The Kier molecular flexibility index (Phi) is 6.13. The molecule has 3 N–H and O–H groups in total. The molecule has 1 saturated heterocycles. The highest BCUT2D eigenvalue weighted by Crippen LogP contribution is 2.10. The Morgan fingerprint density at radius 3 is 2.86 bits per heavy atom. The van der Waals surface area contributed by atoms with Gasteiger partial charge in [-0.1, -0.05) is 5.16 Å². The summed E-state index contributed by atoms with van der Waals surface area (Å²) in [4.78, 5) is 25.1. The molecule has 1 aliphatic heterocycles. The van der Waals surface area contributed by atoms with Crippen molar-refractivity contribution in [3.63, 3.8) is 0 Å². The van der Waals surface area contributed by atoms with Crippen LogP contribution >= 0.6 is 12.4 Å². The van der Waals surface area contributed by atoms with E-state index in [1.165, 1.54) is 4.90 Å². The highest BCUT2D eigenvalue weighted by Gasteiger charge is 2.30. The van der Waals surface area contributed by atoms with Gasteiger partial charge in [-0.25, -0.2) is 0 Å². The molecule has 9 heteroatoms. The third-order valence-corrected chi connectivity index (χ3v) is 3.06. The number of hydrogen-bond donors (Lipinski definition) is 3. The first kappa shape index (κ1) is 17.4. The molecule has 1 aliphatic rings. The molecule has 1 fully saturated rings. The number of aromatic nitrogens is 1. The van der Waals surface area contributed by atoms with E-state index in [-0.39, 0.29) is 30.8 Å². The summed E-state index contributed by atoms with van der Waals surface area (Å²) in [5.41, 5.74) is 0. The number of aliphatic hydroxyl groups is 1. The van der Waals surface area contributed by atoms with Crippen LogP contribution in [0, 0.1) is 6.92 Å². The molecular formula is C12H19ClN4O4. The van der Waals surface area contributed by atoms with E-state index >= 15 is 0 Å². The Morgan fingerprint density at radius 2 is 2.33 bits per heavy atom. The third-order valence-electron chi connectivity index (χ3n) is 3.06. The normalized spacial score (nSPS) is 20.7. The Balaban J connectivity index is 0.00000220. The van der Waals surface area contributed by atoms with Gasteiger partial charge in [0.25, 0.3) is 0 Å². The number of likely N-dealkylation sites (N-methyl/N-ethyl adjacent to an activating group) is 1. The van der Waals surface area contributed by atoms with Crippen molar-refractivity contribution in [2.75, 3.05) is 25.5 Å². The van der Waals surface area contributed by atoms with Crippen molar-refractivity contribution in [3.8, 4) is 0 Å². The monoisotopic (exact) mass is 318 g/mol. The van der Waals surface area contributed by atoms with Crippen molar-refractivity contribution in [3.05, 3.63) is 11.8 Å². The fourth-order valence-corrected chi connectivity index (χ4v) is 2.07. The number of halogens is 1. The molecular weight excluding hydrogens is 300 g/mol. The first-order valence-electron chi connectivity index (χ1n) is 6.35. The van der Waals surface area contributed by atoms with Gasteiger partial charge in [-0.05, 0) is 13.3 Å². The number of aryl methyl sites for hydroxylation is 1. The molecule has 2 rings (SSSR count). The minimum Gasteiger partial charge on any atom is -0.392 e. The summed E-state index contributed by atoms with van der Waals surface area (Å²) < 4.78 is 4.83. The number of carbonyl (C=O) groups is 2. The van der Waals surface area contributed by atoms with Crippen LogP contribution in [-0.2, 0) is 9.59 Å². The molecule has 1 aromatic heterocycles. The van der Waals surface area contributed by atoms with Gasteiger partial charge in [0.2, 0.25) is 11.8 Å². The summed E-state index contributed by atoms with van der Waals surface area (Å²) in [6, 6.07) is 1.16. The Hall–Kier alpha value is -1.64. The molecule has 0 aromatic carbocycles. The van der Waals surface area contributed by atoms with Gasteiger partial charge in [-0.2, -0.15) is 0 Å². The molecule has 1 aromatic rings. The molecule has 118 valence electrons. The number of amides is 2. The molecule has 2 heterocycles. The largest absolute Gasteiger partial charge is 0.392 e. The topological polar surface area (TPSA) is 108 Å².